The Hall–Kier alpha value is -3.07. The molecule has 0 aliphatic rings. The van der Waals surface area contributed by atoms with Crippen molar-refractivity contribution in [2.75, 3.05) is 19.5 Å². The van der Waals surface area contributed by atoms with Crippen LogP contribution in [0.1, 0.15) is 12.0 Å². The Labute approximate surface area is 198 Å². The van der Waals surface area contributed by atoms with E-state index in [1.807, 2.05) is 61.7 Å². The Bertz CT molecular complexity index is 1160. The molecule has 6 nitrogen and oxygen atoms in total. The number of rotatable bonds is 9. The average molecular weight is 466 g/mol. The zero-order valence-electron chi connectivity index (χ0n) is 18.5. The lowest BCUT2D eigenvalue weighted by molar-refractivity contribution is 0.377. The second-order valence-corrected chi connectivity index (χ2v) is 7.59. The minimum atomic E-state index is -0.538. The highest BCUT2D eigenvalue weighted by molar-refractivity contribution is 7.80. The van der Waals surface area contributed by atoms with Gasteiger partial charge in [0, 0.05) is 24.3 Å². The highest BCUT2D eigenvalue weighted by Gasteiger charge is 2.18. The molecule has 3 aromatic rings. The molecular formula is C25H28FN5OS. The van der Waals surface area contributed by atoms with E-state index in [1.165, 1.54) is 0 Å². The number of fused-ring (bicyclic) bond motifs is 1. The van der Waals surface area contributed by atoms with E-state index in [-0.39, 0.29) is 29.4 Å². The Morgan fingerprint density at radius 1 is 1.30 bits per heavy atom. The lowest BCUT2D eigenvalue weighted by Crippen LogP contribution is -2.29. The molecule has 0 saturated carbocycles. The quantitative estimate of drug-likeness (QED) is 0.141. The van der Waals surface area contributed by atoms with E-state index in [4.69, 9.17) is 10.5 Å². The number of aryl methyl sites for hydroxylation is 1. The highest BCUT2D eigenvalue weighted by atomic mass is 32.1. The van der Waals surface area contributed by atoms with Crippen LogP contribution >= 0.6 is 12.6 Å². The Balaban J connectivity index is 2.04. The summed E-state index contributed by atoms with van der Waals surface area (Å²) >= 11 is 4.03. The first-order chi connectivity index (χ1) is 16.1. The summed E-state index contributed by atoms with van der Waals surface area (Å²) in [6.07, 6.45) is 6.73. The van der Waals surface area contributed by atoms with Crippen LogP contribution in [0.25, 0.3) is 22.0 Å². The molecule has 0 fully saturated rings. The fraction of sp³-hybridized carbons (Fsp3) is 0.240. The summed E-state index contributed by atoms with van der Waals surface area (Å²) < 4.78 is 21.1. The molecule has 0 radical (unpaired) electrons. The molecule has 0 saturated heterocycles. The number of pyridine rings is 1. The van der Waals surface area contributed by atoms with Crippen molar-refractivity contribution in [3.8, 4) is 11.3 Å². The molecule has 0 aliphatic carbocycles. The van der Waals surface area contributed by atoms with Crippen molar-refractivity contribution < 1.29 is 9.13 Å². The number of hydrogen-bond acceptors (Lipinski definition) is 6. The molecule has 172 valence electrons. The number of halogens is 1. The number of aliphatic imine (C=N–C) groups is 2. The predicted octanol–water partition coefficient (Wildman–Crippen LogP) is 4.67. The van der Waals surface area contributed by atoms with Crippen molar-refractivity contribution in [1.29, 1.82) is 0 Å². The summed E-state index contributed by atoms with van der Waals surface area (Å²) in [6.45, 7) is 4.14. The largest absolute Gasteiger partial charge is 0.453 e. The van der Waals surface area contributed by atoms with Crippen LogP contribution in [0.15, 0.2) is 70.8 Å². The van der Waals surface area contributed by atoms with Crippen LogP contribution in [0.3, 0.4) is 0 Å². The number of aromatic nitrogens is 1. The van der Waals surface area contributed by atoms with Crippen LogP contribution in [-0.4, -0.2) is 43.3 Å². The minimum absolute atomic E-state index is 0.0438. The predicted molar refractivity (Wildman–Crippen MR) is 138 cm³/mol. The molecule has 1 heterocycles. The monoisotopic (exact) mass is 465 g/mol. The highest BCUT2D eigenvalue weighted by Crippen LogP contribution is 2.35. The smallest absolute Gasteiger partial charge is 0.317 e. The molecule has 8 heteroatoms. The van der Waals surface area contributed by atoms with E-state index in [0.717, 1.165) is 10.8 Å². The van der Waals surface area contributed by atoms with Crippen LogP contribution in [0.2, 0.25) is 0 Å². The number of allylic oxidation sites excluding steroid dienone is 1. The summed E-state index contributed by atoms with van der Waals surface area (Å²) in [7, 11) is 1.85. The number of amidine groups is 1. The molecule has 0 spiro atoms. The third-order valence-corrected chi connectivity index (χ3v) is 5.18. The molecule has 2 aromatic carbocycles. The maximum Gasteiger partial charge on any atom is 0.317 e. The number of thiol groups is 1. The number of ether oxygens (including phenoxy) is 1. The summed E-state index contributed by atoms with van der Waals surface area (Å²) in [4.78, 5) is 12.5. The number of hydrogen-bond donors (Lipinski definition) is 3. The van der Waals surface area contributed by atoms with Crippen molar-refractivity contribution in [2.24, 2.45) is 15.7 Å². The van der Waals surface area contributed by atoms with E-state index in [1.54, 1.807) is 6.20 Å². The summed E-state index contributed by atoms with van der Waals surface area (Å²) in [5, 5.41) is 4.93. The molecular weight excluding hydrogens is 437 g/mol. The van der Waals surface area contributed by atoms with Gasteiger partial charge in [-0.25, -0.2) is 9.38 Å². The molecule has 1 unspecified atom stereocenters. The number of nitrogens with zero attached hydrogens (tertiary/aromatic N) is 3. The topological polar surface area (TPSA) is 84.9 Å². The lowest BCUT2D eigenvalue weighted by atomic mass is 9.99. The van der Waals surface area contributed by atoms with Gasteiger partial charge in [-0.3, -0.25) is 4.98 Å². The third kappa shape index (κ3) is 6.25. The second-order valence-electron chi connectivity index (χ2n) is 7.34. The first-order valence-corrected chi connectivity index (χ1v) is 11.2. The summed E-state index contributed by atoms with van der Waals surface area (Å²) in [6, 6.07) is 13.4. The van der Waals surface area contributed by atoms with Gasteiger partial charge in [0.15, 0.2) is 5.82 Å². The Morgan fingerprint density at radius 2 is 2.09 bits per heavy atom. The Kier molecular flexibility index (Phi) is 9.12. The van der Waals surface area contributed by atoms with Gasteiger partial charge in [0.25, 0.3) is 0 Å². The second kappa shape index (κ2) is 12.2. The van der Waals surface area contributed by atoms with Crippen molar-refractivity contribution in [1.82, 2.24) is 10.3 Å². The van der Waals surface area contributed by atoms with E-state index < -0.39 is 5.82 Å². The molecule has 3 rings (SSSR count). The molecule has 3 N–H and O–H groups in total. The van der Waals surface area contributed by atoms with E-state index >= 15 is 4.39 Å². The normalized spacial score (nSPS) is 12.9. The zero-order chi connectivity index (χ0) is 23.6. The molecule has 0 aliphatic heterocycles. The van der Waals surface area contributed by atoms with Crippen molar-refractivity contribution in [3.05, 3.63) is 72.2 Å². The van der Waals surface area contributed by atoms with Crippen LogP contribution in [0.5, 0.6) is 0 Å². The summed E-state index contributed by atoms with van der Waals surface area (Å²) in [5.74, 6) is -0.494. The first kappa shape index (κ1) is 24.6. The zero-order valence-corrected chi connectivity index (χ0v) is 19.4. The average Bonchev–Trinajstić information content (AvgIpc) is 2.83. The van der Waals surface area contributed by atoms with E-state index in [9.17, 15) is 0 Å². The Morgan fingerprint density at radius 3 is 2.85 bits per heavy atom. The molecule has 1 atom stereocenters. The van der Waals surface area contributed by atoms with Gasteiger partial charge in [0.2, 0.25) is 0 Å². The van der Waals surface area contributed by atoms with Crippen LogP contribution in [0, 0.1) is 5.82 Å². The van der Waals surface area contributed by atoms with Gasteiger partial charge in [0.1, 0.15) is 17.3 Å². The van der Waals surface area contributed by atoms with Crippen LogP contribution < -0.4 is 11.1 Å². The van der Waals surface area contributed by atoms with Crippen molar-refractivity contribution in [2.45, 2.75) is 18.9 Å². The fourth-order valence-electron chi connectivity index (χ4n) is 3.52. The molecule has 33 heavy (non-hydrogen) atoms. The van der Waals surface area contributed by atoms with Gasteiger partial charge >= 0.3 is 6.02 Å². The maximum absolute atomic E-state index is 15.9. The molecule has 0 bridgehead atoms. The van der Waals surface area contributed by atoms with Gasteiger partial charge in [0.05, 0.1) is 0 Å². The molecule has 1 aromatic heterocycles. The van der Waals surface area contributed by atoms with Crippen LogP contribution in [0.4, 0.5) is 10.1 Å². The van der Waals surface area contributed by atoms with Gasteiger partial charge in [-0.15, -0.1) is 12.6 Å². The number of benzene rings is 2. The number of nitrogens with one attached hydrogen (secondary N) is 1. The van der Waals surface area contributed by atoms with Gasteiger partial charge in [-0.05, 0) is 42.9 Å². The lowest BCUT2D eigenvalue weighted by Gasteiger charge is -2.12. The first-order valence-electron chi connectivity index (χ1n) is 10.6. The fourth-order valence-corrected chi connectivity index (χ4v) is 3.63. The van der Waals surface area contributed by atoms with Gasteiger partial charge in [-0.2, -0.15) is 4.99 Å². The molecule has 0 amide bonds. The van der Waals surface area contributed by atoms with E-state index in [0.29, 0.717) is 30.5 Å². The van der Waals surface area contributed by atoms with Crippen molar-refractivity contribution >= 4 is 41.8 Å². The SMILES string of the molecule is C=N/C(=N\c1c(CCC=CC(N)CNC)cnc(-c2cccc3ccccc23)c1F)OCS. The third-order valence-electron chi connectivity index (χ3n) is 5.05. The van der Waals surface area contributed by atoms with Gasteiger partial charge in [-0.1, -0.05) is 54.6 Å². The van der Waals surface area contributed by atoms with Crippen molar-refractivity contribution in [3.63, 3.8) is 0 Å². The maximum atomic E-state index is 15.9. The minimum Gasteiger partial charge on any atom is -0.453 e. The van der Waals surface area contributed by atoms with Gasteiger partial charge < -0.3 is 15.8 Å². The van der Waals surface area contributed by atoms with Crippen LogP contribution in [-0.2, 0) is 11.2 Å². The number of likely N-dealkylation sites (N-methyl/N-ethyl adjacent to an activating group) is 1. The standard InChI is InChI=1S/C25H28FN5OS/c1-28-15-19(27)11-5-3-9-18-14-30-24(22(26)23(18)31-25(29-2)32-16-33)21-13-7-10-17-8-4-6-12-20(17)21/h4-8,10-14,19,28,33H,2-3,9,15-16,27H2,1H3/b11-5?,31-25+. The number of nitrogens with two attached hydrogens (primary N) is 1. The van der Waals surface area contributed by atoms with E-state index in [2.05, 4.69) is 39.6 Å². The summed E-state index contributed by atoms with van der Waals surface area (Å²) in [5.41, 5.74) is 7.65.